The largest absolute Gasteiger partial charge is 0.343 e. The molecule has 1 aromatic carbocycles. The molecule has 0 bridgehead atoms. The van der Waals surface area contributed by atoms with E-state index in [2.05, 4.69) is 31.9 Å². The number of hydrogen-bond acceptors (Lipinski definition) is 12. The fraction of sp³-hybridized carbons (Fsp3) is 0.615. The quantitative estimate of drug-likeness (QED) is 0.0736. The molecule has 0 aromatic heterocycles. The van der Waals surface area contributed by atoms with Gasteiger partial charge in [0.1, 0.15) is 36.3 Å². The van der Waals surface area contributed by atoms with E-state index in [1.54, 1.807) is 30.3 Å². The van der Waals surface area contributed by atoms with Crippen LogP contribution in [0.1, 0.15) is 92.1 Å². The van der Waals surface area contributed by atoms with Gasteiger partial charge in [0.2, 0.25) is 53.2 Å². The summed E-state index contributed by atoms with van der Waals surface area (Å²) >= 11 is 0. The van der Waals surface area contributed by atoms with Crippen molar-refractivity contribution in [3.63, 3.8) is 0 Å². The Labute approximate surface area is 349 Å². The fourth-order valence-corrected chi connectivity index (χ4v) is 6.14. The molecule has 60 heavy (non-hydrogen) atoms. The Morgan fingerprint density at radius 1 is 0.533 bits per heavy atom. The lowest BCUT2D eigenvalue weighted by molar-refractivity contribution is -0.163. The maximum Gasteiger partial charge on any atom is 0.243 e. The minimum atomic E-state index is -1.46. The van der Waals surface area contributed by atoms with Gasteiger partial charge in [-0.15, -0.1) is 0 Å². The van der Waals surface area contributed by atoms with Crippen molar-refractivity contribution >= 4 is 53.2 Å². The van der Waals surface area contributed by atoms with Crippen LogP contribution in [0.4, 0.5) is 0 Å². The first-order valence-corrected chi connectivity index (χ1v) is 20.0. The minimum Gasteiger partial charge on any atom is -0.343 e. The molecule has 334 valence electrons. The lowest BCUT2D eigenvalue weighted by Gasteiger charge is -2.29. The Kier molecular flexibility index (Phi) is 21.1. The zero-order valence-electron chi connectivity index (χ0n) is 35.1. The third-order valence-electron chi connectivity index (χ3n) is 9.59. The van der Waals surface area contributed by atoms with Crippen LogP contribution in [-0.2, 0) is 49.6 Å². The number of nitrogens with zero attached hydrogens (tertiary/aromatic N) is 3. The molecule has 1 fully saturated rings. The molecule has 0 aliphatic carbocycles. The van der Waals surface area contributed by atoms with E-state index >= 15 is 0 Å². The smallest absolute Gasteiger partial charge is 0.243 e. The van der Waals surface area contributed by atoms with Crippen LogP contribution in [0.5, 0.6) is 0 Å². The first-order chi connectivity index (χ1) is 28.2. The van der Waals surface area contributed by atoms with Crippen LogP contribution in [0, 0.1) is 5.92 Å². The van der Waals surface area contributed by atoms with Gasteiger partial charge < -0.3 is 31.9 Å². The number of carbonyl (C=O) groups is 9. The maximum absolute atomic E-state index is 14.1. The normalized spacial score (nSPS) is 22.2. The summed E-state index contributed by atoms with van der Waals surface area (Å²) in [5.41, 5.74) is 0.641. The zero-order valence-corrected chi connectivity index (χ0v) is 35.1. The van der Waals surface area contributed by atoms with Crippen molar-refractivity contribution in [1.82, 2.24) is 47.1 Å². The third kappa shape index (κ3) is 17.7. The predicted molar refractivity (Wildman–Crippen MR) is 212 cm³/mol. The first-order valence-electron chi connectivity index (χ1n) is 20.0. The molecule has 1 aliphatic heterocycles. The highest BCUT2D eigenvalue weighted by Crippen LogP contribution is 2.12. The molecule has 9 N–H and O–H groups in total. The first kappa shape index (κ1) is 50.5. The molecule has 1 aromatic rings. The second-order valence-electron chi connectivity index (χ2n) is 15.2. The third-order valence-corrected chi connectivity index (χ3v) is 9.59. The van der Waals surface area contributed by atoms with Gasteiger partial charge in [0.15, 0.2) is 0 Å². The van der Waals surface area contributed by atoms with Crippen molar-refractivity contribution in [2.24, 2.45) is 5.92 Å². The number of hydroxylamine groups is 6. The van der Waals surface area contributed by atoms with Gasteiger partial charge in [0.25, 0.3) is 0 Å². The second-order valence-corrected chi connectivity index (χ2v) is 15.2. The topological polar surface area (TPSA) is 296 Å². The molecule has 21 nitrogen and oxygen atoms in total. The minimum absolute atomic E-state index is 0.0127. The van der Waals surface area contributed by atoms with Crippen LogP contribution >= 0.6 is 0 Å². The molecular formula is C39H61N9O12. The number of rotatable bonds is 16. The van der Waals surface area contributed by atoms with E-state index in [-0.39, 0.29) is 76.9 Å². The van der Waals surface area contributed by atoms with Gasteiger partial charge in [-0.1, -0.05) is 44.2 Å². The monoisotopic (exact) mass is 847 g/mol. The summed E-state index contributed by atoms with van der Waals surface area (Å²) in [6, 6.07) is 0.647. The van der Waals surface area contributed by atoms with Gasteiger partial charge in [0, 0.05) is 46.8 Å². The van der Waals surface area contributed by atoms with E-state index in [4.69, 9.17) is 0 Å². The van der Waals surface area contributed by atoms with Crippen molar-refractivity contribution in [3.05, 3.63) is 35.9 Å². The highest BCUT2D eigenvalue weighted by molar-refractivity contribution is 5.98. The number of carbonyl (C=O) groups excluding carboxylic acids is 9. The molecule has 0 saturated carbocycles. The van der Waals surface area contributed by atoms with E-state index in [0.717, 1.165) is 20.8 Å². The molecule has 6 atom stereocenters. The number of hydrogen-bond donors (Lipinski definition) is 9. The highest BCUT2D eigenvalue weighted by Gasteiger charge is 2.34. The summed E-state index contributed by atoms with van der Waals surface area (Å²) in [7, 11) is 0. The maximum atomic E-state index is 14.1. The second kappa shape index (κ2) is 25.1. The molecule has 2 rings (SSSR count). The van der Waals surface area contributed by atoms with E-state index in [1.165, 1.54) is 6.92 Å². The van der Waals surface area contributed by atoms with Crippen LogP contribution in [0.15, 0.2) is 30.3 Å². The lowest BCUT2D eigenvalue weighted by atomic mass is 10.00. The predicted octanol–water partition coefficient (Wildman–Crippen LogP) is -0.729. The van der Waals surface area contributed by atoms with Crippen molar-refractivity contribution in [2.75, 3.05) is 19.6 Å². The van der Waals surface area contributed by atoms with Gasteiger partial charge in [-0.25, -0.2) is 15.2 Å². The summed E-state index contributed by atoms with van der Waals surface area (Å²) in [6.45, 7) is 7.63. The Bertz CT molecular complexity index is 1660. The number of amides is 9. The van der Waals surface area contributed by atoms with Crippen molar-refractivity contribution in [2.45, 2.75) is 129 Å². The summed E-state index contributed by atoms with van der Waals surface area (Å²) < 4.78 is 0. The SMILES string of the molecule is CC(=O)N(O)CCC[C@@H]1NC(=O)[C@H](CCCN(O)C(C)=O)NC(=O)[C@H](CCCN(O)C(C)=O)NC(=O)[C@H](Cc2ccccc2)NC(=O)[C@H](CC(C)C)NC(=O)[C@H](C)NC1=O. The Morgan fingerprint density at radius 3 is 1.25 bits per heavy atom. The Morgan fingerprint density at radius 2 is 0.867 bits per heavy atom. The number of benzene rings is 1. The Hall–Kier alpha value is -5.67. The molecule has 0 unspecified atom stereocenters. The molecule has 1 aliphatic rings. The van der Waals surface area contributed by atoms with Crippen LogP contribution in [0.2, 0.25) is 0 Å². The Balaban J connectivity index is 2.67. The average Bonchev–Trinajstić information content (AvgIpc) is 3.18. The van der Waals surface area contributed by atoms with Crippen molar-refractivity contribution < 1.29 is 58.8 Å². The lowest BCUT2D eigenvalue weighted by Crippen LogP contribution is -2.61. The van der Waals surface area contributed by atoms with Gasteiger partial charge in [-0.3, -0.25) is 58.8 Å². The van der Waals surface area contributed by atoms with Crippen molar-refractivity contribution in [1.29, 1.82) is 0 Å². The van der Waals surface area contributed by atoms with Crippen LogP contribution in [0.3, 0.4) is 0 Å². The molecular weight excluding hydrogens is 786 g/mol. The van der Waals surface area contributed by atoms with E-state index in [0.29, 0.717) is 20.8 Å². The van der Waals surface area contributed by atoms with Gasteiger partial charge in [0.05, 0.1) is 0 Å². The molecule has 1 saturated heterocycles. The van der Waals surface area contributed by atoms with Gasteiger partial charge in [-0.2, -0.15) is 0 Å². The summed E-state index contributed by atoms with van der Waals surface area (Å²) in [6.07, 6.45) is -0.547. The van der Waals surface area contributed by atoms with Crippen molar-refractivity contribution in [3.8, 4) is 0 Å². The molecule has 0 radical (unpaired) electrons. The van der Waals surface area contributed by atoms with E-state index in [9.17, 15) is 58.8 Å². The summed E-state index contributed by atoms with van der Waals surface area (Å²) in [5.74, 6) is -7.11. The summed E-state index contributed by atoms with van der Waals surface area (Å²) in [4.78, 5) is 118. The summed E-state index contributed by atoms with van der Waals surface area (Å²) in [5, 5.41) is 46.8. The van der Waals surface area contributed by atoms with Crippen LogP contribution in [0.25, 0.3) is 0 Å². The van der Waals surface area contributed by atoms with Crippen LogP contribution in [-0.4, -0.2) is 140 Å². The van der Waals surface area contributed by atoms with Gasteiger partial charge >= 0.3 is 0 Å². The van der Waals surface area contributed by atoms with Gasteiger partial charge in [-0.05, 0) is 63.4 Å². The zero-order chi connectivity index (χ0) is 45.1. The fourth-order valence-electron chi connectivity index (χ4n) is 6.14. The average molecular weight is 848 g/mol. The van der Waals surface area contributed by atoms with E-state index < -0.39 is 89.4 Å². The molecule has 21 heteroatoms. The van der Waals surface area contributed by atoms with E-state index in [1.807, 2.05) is 13.8 Å². The number of nitrogens with one attached hydrogen (secondary N) is 6. The molecule has 1 heterocycles. The molecule has 9 amide bonds. The van der Waals surface area contributed by atoms with Crippen LogP contribution < -0.4 is 31.9 Å². The highest BCUT2D eigenvalue weighted by atomic mass is 16.5. The standard InChI is InChI=1S/C39H61N9O12/c1-23(2)21-32-38(56)45-33(22-28-13-8-7-9-14-28)39(57)43-31(17-12-20-48(60)27(6)51)37(55)42-30(16-11-19-47(59)26(5)50)36(54)41-29(15-10-18-46(58)25(4)49)35(53)40-24(3)34(52)44-32/h7-9,13-14,23-24,29-33,58-60H,10-12,15-22H2,1-6H3,(H,40,53)(H,41,54)(H,42,55)(H,43,57)(H,44,52)(H,45,56)/t24-,29-,30-,31-,32-,33-/m0/s1. The molecule has 0 spiro atoms.